The van der Waals surface area contributed by atoms with Crippen LogP contribution in [0.2, 0.25) is 0 Å². The van der Waals surface area contributed by atoms with Crippen LogP contribution in [-0.2, 0) is 4.74 Å². The molecule has 0 amide bonds. The zero-order chi connectivity index (χ0) is 14.4. The lowest BCUT2D eigenvalue weighted by atomic mass is 10.2. The predicted octanol–water partition coefficient (Wildman–Crippen LogP) is 1.56. The average Bonchev–Trinajstić information content (AvgIpc) is 2.96. The zero-order valence-corrected chi connectivity index (χ0v) is 11.1. The van der Waals surface area contributed by atoms with Gasteiger partial charge in [0.2, 0.25) is 0 Å². The molecule has 1 heterocycles. The summed E-state index contributed by atoms with van der Waals surface area (Å²) in [6, 6.07) is 4.48. The second-order valence-electron chi connectivity index (χ2n) is 4.52. The number of aliphatic hydroxyl groups is 1. The summed E-state index contributed by atoms with van der Waals surface area (Å²) in [7, 11) is 0. The SMILES string of the molecule is O=[N+]([O-])c1ccc(OCCO)cc1NC[C@@H]1CCCO1. The van der Waals surface area contributed by atoms with Crippen molar-refractivity contribution >= 4 is 11.4 Å². The molecule has 2 rings (SSSR count). The van der Waals surface area contributed by atoms with Crippen molar-refractivity contribution in [3.63, 3.8) is 0 Å². The monoisotopic (exact) mass is 282 g/mol. The van der Waals surface area contributed by atoms with Crippen LogP contribution in [0.25, 0.3) is 0 Å². The van der Waals surface area contributed by atoms with Crippen LogP contribution < -0.4 is 10.1 Å². The molecule has 1 saturated heterocycles. The Labute approximate surface area is 116 Å². The lowest BCUT2D eigenvalue weighted by Crippen LogP contribution is -2.19. The van der Waals surface area contributed by atoms with Crippen molar-refractivity contribution in [3.8, 4) is 5.75 Å². The first kappa shape index (κ1) is 14.5. The van der Waals surface area contributed by atoms with Crippen LogP contribution in [0.4, 0.5) is 11.4 Å². The summed E-state index contributed by atoms with van der Waals surface area (Å²) in [4.78, 5) is 10.6. The maximum absolute atomic E-state index is 11.0. The zero-order valence-electron chi connectivity index (χ0n) is 11.1. The fourth-order valence-electron chi connectivity index (χ4n) is 2.10. The number of hydrogen-bond acceptors (Lipinski definition) is 6. The van der Waals surface area contributed by atoms with E-state index < -0.39 is 4.92 Å². The predicted molar refractivity (Wildman–Crippen MR) is 73.1 cm³/mol. The Morgan fingerprint density at radius 1 is 1.55 bits per heavy atom. The van der Waals surface area contributed by atoms with E-state index in [9.17, 15) is 10.1 Å². The van der Waals surface area contributed by atoms with Gasteiger partial charge in [-0.1, -0.05) is 0 Å². The number of benzene rings is 1. The minimum Gasteiger partial charge on any atom is -0.491 e. The van der Waals surface area contributed by atoms with Crippen LogP contribution in [0.5, 0.6) is 5.75 Å². The van der Waals surface area contributed by atoms with Gasteiger partial charge in [0.15, 0.2) is 0 Å². The molecule has 1 aromatic rings. The Bertz CT molecular complexity index is 460. The van der Waals surface area contributed by atoms with E-state index in [0.717, 1.165) is 19.4 Å². The van der Waals surface area contributed by atoms with Crippen LogP contribution in [0.1, 0.15) is 12.8 Å². The topological polar surface area (TPSA) is 93.9 Å². The van der Waals surface area contributed by atoms with Crippen molar-refractivity contribution in [1.29, 1.82) is 0 Å². The molecule has 0 unspecified atom stereocenters. The molecule has 7 nitrogen and oxygen atoms in total. The summed E-state index contributed by atoms with van der Waals surface area (Å²) in [6.07, 6.45) is 2.08. The molecule has 20 heavy (non-hydrogen) atoms. The molecule has 7 heteroatoms. The highest BCUT2D eigenvalue weighted by atomic mass is 16.6. The highest BCUT2D eigenvalue weighted by Crippen LogP contribution is 2.29. The molecule has 0 saturated carbocycles. The van der Waals surface area contributed by atoms with Gasteiger partial charge in [0.25, 0.3) is 5.69 Å². The molecule has 1 fully saturated rings. The molecular formula is C13H18N2O5. The molecule has 1 aliphatic rings. The van der Waals surface area contributed by atoms with E-state index in [1.165, 1.54) is 12.1 Å². The summed E-state index contributed by atoms with van der Waals surface area (Å²) in [6.45, 7) is 1.33. The van der Waals surface area contributed by atoms with Crippen LogP contribution >= 0.6 is 0 Å². The largest absolute Gasteiger partial charge is 0.491 e. The molecule has 110 valence electrons. The van der Waals surface area contributed by atoms with Crippen LogP contribution in [0.15, 0.2) is 18.2 Å². The molecule has 1 aliphatic heterocycles. The second kappa shape index (κ2) is 7.06. The van der Waals surface area contributed by atoms with E-state index in [0.29, 0.717) is 18.0 Å². The number of nitrogens with one attached hydrogen (secondary N) is 1. The van der Waals surface area contributed by atoms with Crippen molar-refractivity contribution in [1.82, 2.24) is 0 Å². The number of nitrogens with zero attached hydrogens (tertiary/aromatic N) is 1. The van der Waals surface area contributed by atoms with Crippen molar-refractivity contribution in [2.24, 2.45) is 0 Å². The third-order valence-electron chi connectivity index (χ3n) is 3.07. The molecule has 0 bridgehead atoms. The highest BCUT2D eigenvalue weighted by molar-refractivity contribution is 5.64. The second-order valence-corrected chi connectivity index (χ2v) is 4.52. The molecular weight excluding hydrogens is 264 g/mol. The van der Waals surface area contributed by atoms with Gasteiger partial charge in [-0.3, -0.25) is 10.1 Å². The highest BCUT2D eigenvalue weighted by Gasteiger charge is 2.19. The fraction of sp³-hybridized carbons (Fsp3) is 0.538. The third kappa shape index (κ3) is 3.82. The van der Waals surface area contributed by atoms with Crippen LogP contribution in [-0.4, -0.2) is 42.5 Å². The van der Waals surface area contributed by atoms with E-state index >= 15 is 0 Å². The number of aliphatic hydroxyl groups excluding tert-OH is 1. The van der Waals surface area contributed by atoms with E-state index in [1.54, 1.807) is 6.07 Å². The van der Waals surface area contributed by atoms with Crippen LogP contribution in [0.3, 0.4) is 0 Å². The third-order valence-corrected chi connectivity index (χ3v) is 3.07. The van der Waals surface area contributed by atoms with Gasteiger partial charge in [-0.25, -0.2) is 0 Å². The molecule has 1 atom stereocenters. The Hall–Kier alpha value is -1.86. The molecule has 0 aromatic heterocycles. The van der Waals surface area contributed by atoms with Crippen molar-refractivity contribution in [3.05, 3.63) is 28.3 Å². The first-order chi connectivity index (χ1) is 9.70. The Morgan fingerprint density at radius 3 is 3.05 bits per heavy atom. The number of nitro groups is 1. The summed E-state index contributed by atoms with van der Waals surface area (Å²) in [5.74, 6) is 0.486. The van der Waals surface area contributed by atoms with E-state index in [-0.39, 0.29) is 25.0 Å². The minimum absolute atomic E-state index is 0.000606. The quantitative estimate of drug-likeness (QED) is 0.582. The first-order valence-electron chi connectivity index (χ1n) is 6.58. The number of nitro benzene ring substituents is 1. The lowest BCUT2D eigenvalue weighted by Gasteiger charge is -2.13. The van der Waals surface area contributed by atoms with Crippen molar-refractivity contribution in [2.75, 3.05) is 31.7 Å². The first-order valence-corrected chi connectivity index (χ1v) is 6.58. The Balaban J connectivity index is 2.06. The van der Waals surface area contributed by atoms with E-state index in [4.69, 9.17) is 14.6 Å². The average molecular weight is 282 g/mol. The fourth-order valence-corrected chi connectivity index (χ4v) is 2.10. The summed E-state index contributed by atoms with van der Waals surface area (Å²) in [5.41, 5.74) is 0.403. The minimum atomic E-state index is -0.437. The number of hydrogen-bond donors (Lipinski definition) is 2. The van der Waals surface area contributed by atoms with Gasteiger partial charge in [0.05, 0.1) is 17.6 Å². The molecule has 0 spiro atoms. The summed E-state index contributed by atoms with van der Waals surface area (Å²) >= 11 is 0. The molecule has 0 aliphatic carbocycles. The molecule has 0 radical (unpaired) electrons. The number of ether oxygens (including phenoxy) is 2. The molecule has 1 aromatic carbocycles. The Morgan fingerprint density at radius 2 is 2.40 bits per heavy atom. The normalized spacial score (nSPS) is 17.9. The van der Waals surface area contributed by atoms with Gasteiger partial charge in [-0.05, 0) is 18.9 Å². The van der Waals surface area contributed by atoms with Gasteiger partial charge in [0, 0.05) is 25.3 Å². The van der Waals surface area contributed by atoms with Crippen molar-refractivity contribution in [2.45, 2.75) is 18.9 Å². The van der Waals surface area contributed by atoms with E-state index in [1.807, 2.05) is 0 Å². The summed E-state index contributed by atoms with van der Waals surface area (Å²) in [5, 5.41) is 22.8. The van der Waals surface area contributed by atoms with Gasteiger partial charge in [-0.2, -0.15) is 0 Å². The number of rotatable bonds is 7. The van der Waals surface area contributed by atoms with Crippen molar-refractivity contribution < 1.29 is 19.5 Å². The standard InChI is InChI=1S/C13H18N2O5/c16-5-7-20-10-3-4-13(15(17)18)12(8-10)14-9-11-2-1-6-19-11/h3-4,8,11,14,16H,1-2,5-7,9H2/t11-/m0/s1. The van der Waals surface area contributed by atoms with Crippen LogP contribution in [0, 0.1) is 10.1 Å². The van der Waals surface area contributed by atoms with E-state index in [2.05, 4.69) is 5.32 Å². The summed E-state index contributed by atoms with van der Waals surface area (Å²) < 4.78 is 10.7. The van der Waals surface area contributed by atoms with Gasteiger partial charge in [0.1, 0.15) is 18.0 Å². The van der Waals surface area contributed by atoms with Gasteiger partial charge < -0.3 is 19.9 Å². The Kier molecular flexibility index (Phi) is 5.14. The maximum atomic E-state index is 11.0. The number of anilines is 1. The molecule has 2 N–H and O–H groups in total. The smallest absolute Gasteiger partial charge is 0.292 e. The lowest BCUT2D eigenvalue weighted by molar-refractivity contribution is -0.384. The van der Waals surface area contributed by atoms with Gasteiger partial charge >= 0.3 is 0 Å². The van der Waals surface area contributed by atoms with Gasteiger partial charge in [-0.15, -0.1) is 0 Å². The maximum Gasteiger partial charge on any atom is 0.292 e.